The number of rotatable bonds is 5. The lowest BCUT2D eigenvalue weighted by atomic mass is 10.1. The fraction of sp³-hybridized carbons (Fsp3) is 0.250. The van der Waals surface area contributed by atoms with Gasteiger partial charge in [-0.2, -0.15) is 0 Å². The fourth-order valence-corrected chi connectivity index (χ4v) is 4.11. The van der Waals surface area contributed by atoms with E-state index in [4.69, 9.17) is 4.74 Å². The summed E-state index contributed by atoms with van der Waals surface area (Å²) in [5.41, 5.74) is 2.17. The number of nitrogens with zero attached hydrogens (tertiary/aromatic N) is 2. The summed E-state index contributed by atoms with van der Waals surface area (Å²) in [6, 6.07) is 7.90. The Labute approximate surface area is 136 Å². The summed E-state index contributed by atoms with van der Waals surface area (Å²) in [7, 11) is 1.65. The summed E-state index contributed by atoms with van der Waals surface area (Å²) in [6.45, 7) is 1.50. The van der Waals surface area contributed by atoms with Gasteiger partial charge in [0.2, 0.25) is 0 Å². The molecule has 0 aliphatic carbocycles. The minimum atomic E-state index is -0.364. The molecule has 0 aliphatic rings. The molecule has 0 atom stereocenters. The van der Waals surface area contributed by atoms with Crippen molar-refractivity contribution in [3.8, 4) is 16.9 Å². The molecule has 0 amide bonds. The summed E-state index contributed by atoms with van der Waals surface area (Å²) in [5.74, 6) is 1.95. The van der Waals surface area contributed by atoms with Gasteiger partial charge in [0.15, 0.2) is 0 Å². The fourth-order valence-electron chi connectivity index (χ4n) is 2.23. The highest BCUT2D eigenvalue weighted by Gasteiger charge is 2.14. The van der Waals surface area contributed by atoms with Gasteiger partial charge in [-0.25, -0.2) is 9.97 Å². The van der Waals surface area contributed by atoms with E-state index in [0.717, 1.165) is 37.9 Å². The number of aryl methyl sites for hydroxylation is 1. The van der Waals surface area contributed by atoms with Crippen molar-refractivity contribution >= 4 is 33.3 Å². The van der Waals surface area contributed by atoms with Gasteiger partial charge in [-0.1, -0.05) is 12.1 Å². The normalized spacial score (nSPS) is 11.0. The van der Waals surface area contributed by atoms with Crippen LogP contribution in [-0.4, -0.2) is 29.5 Å². The Kier molecular flexibility index (Phi) is 4.59. The summed E-state index contributed by atoms with van der Waals surface area (Å²) >= 11 is 3.03. The molecule has 0 radical (unpaired) electrons. The standard InChI is InChI=1S/C16H15FN2OS2/c1-10-18-15(21-8-7-17)14-13(9-22-16(14)19-10)11-3-5-12(20-2)6-4-11/h3-6,9H,7-8H2,1-2H3. The molecule has 3 nitrogen and oxygen atoms in total. The molecule has 3 aromatic rings. The molecule has 1 aromatic carbocycles. The molecule has 0 spiro atoms. The largest absolute Gasteiger partial charge is 0.497 e. The van der Waals surface area contributed by atoms with Crippen LogP contribution in [-0.2, 0) is 0 Å². The van der Waals surface area contributed by atoms with Crippen LogP contribution >= 0.6 is 23.1 Å². The van der Waals surface area contributed by atoms with Crippen LogP contribution in [0, 0.1) is 6.92 Å². The minimum absolute atomic E-state index is 0.364. The molecule has 0 unspecified atom stereocenters. The van der Waals surface area contributed by atoms with Crippen LogP contribution in [0.3, 0.4) is 0 Å². The van der Waals surface area contributed by atoms with Gasteiger partial charge in [-0.05, 0) is 24.6 Å². The molecular weight excluding hydrogens is 319 g/mol. The first-order valence-electron chi connectivity index (χ1n) is 6.82. The lowest BCUT2D eigenvalue weighted by molar-refractivity contribution is 0.415. The quantitative estimate of drug-likeness (QED) is 0.499. The minimum Gasteiger partial charge on any atom is -0.497 e. The third-order valence-corrected chi connectivity index (χ3v) is 5.03. The predicted octanol–water partition coefficient (Wildman–Crippen LogP) is 4.74. The highest BCUT2D eigenvalue weighted by Crippen LogP contribution is 2.38. The van der Waals surface area contributed by atoms with E-state index in [1.165, 1.54) is 11.8 Å². The first-order chi connectivity index (χ1) is 10.7. The summed E-state index contributed by atoms with van der Waals surface area (Å²) < 4.78 is 17.7. The molecule has 0 aliphatic heterocycles. The monoisotopic (exact) mass is 334 g/mol. The van der Waals surface area contributed by atoms with Crippen molar-refractivity contribution in [3.63, 3.8) is 0 Å². The zero-order chi connectivity index (χ0) is 15.5. The van der Waals surface area contributed by atoms with E-state index in [9.17, 15) is 4.39 Å². The average molecular weight is 334 g/mol. The van der Waals surface area contributed by atoms with Gasteiger partial charge in [-0.15, -0.1) is 23.1 Å². The van der Waals surface area contributed by atoms with Crippen molar-refractivity contribution < 1.29 is 9.13 Å². The maximum atomic E-state index is 12.5. The number of benzene rings is 1. The second-order valence-electron chi connectivity index (χ2n) is 4.67. The van der Waals surface area contributed by atoms with Crippen LogP contribution in [0.25, 0.3) is 21.3 Å². The second-order valence-corrected chi connectivity index (χ2v) is 6.61. The highest BCUT2D eigenvalue weighted by atomic mass is 32.2. The molecule has 3 rings (SSSR count). The number of alkyl halides is 1. The zero-order valence-electron chi connectivity index (χ0n) is 12.3. The summed E-state index contributed by atoms with van der Waals surface area (Å²) in [5, 5.41) is 3.95. The van der Waals surface area contributed by atoms with Crippen LogP contribution in [0.1, 0.15) is 5.82 Å². The van der Waals surface area contributed by atoms with Crippen molar-refractivity contribution in [2.75, 3.05) is 19.5 Å². The Morgan fingerprint density at radius 1 is 1.23 bits per heavy atom. The number of aromatic nitrogens is 2. The summed E-state index contributed by atoms with van der Waals surface area (Å²) in [6.07, 6.45) is 0. The number of thioether (sulfide) groups is 1. The molecular formula is C16H15FN2OS2. The van der Waals surface area contributed by atoms with Crippen molar-refractivity contribution in [1.82, 2.24) is 9.97 Å². The van der Waals surface area contributed by atoms with E-state index in [1.54, 1.807) is 18.4 Å². The van der Waals surface area contributed by atoms with Crippen LogP contribution in [0.2, 0.25) is 0 Å². The van der Waals surface area contributed by atoms with Gasteiger partial charge in [0.1, 0.15) is 21.4 Å². The van der Waals surface area contributed by atoms with E-state index in [0.29, 0.717) is 5.75 Å². The first-order valence-corrected chi connectivity index (χ1v) is 8.68. The molecule has 0 fully saturated rings. The molecule has 0 saturated carbocycles. The maximum absolute atomic E-state index is 12.5. The number of thiophene rings is 1. The van der Waals surface area contributed by atoms with Crippen molar-refractivity contribution in [2.24, 2.45) is 0 Å². The van der Waals surface area contributed by atoms with E-state index in [2.05, 4.69) is 15.3 Å². The van der Waals surface area contributed by atoms with Gasteiger partial charge >= 0.3 is 0 Å². The molecule has 114 valence electrons. The first kappa shape index (κ1) is 15.2. The van der Waals surface area contributed by atoms with Crippen LogP contribution in [0.5, 0.6) is 5.75 Å². The predicted molar refractivity (Wildman–Crippen MR) is 90.8 cm³/mol. The van der Waals surface area contributed by atoms with Crippen molar-refractivity contribution in [1.29, 1.82) is 0 Å². The number of hydrogen-bond donors (Lipinski definition) is 0. The van der Waals surface area contributed by atoms with Crippen LogP contribution in [0.4, 0.5) is 4.39 Å². The van der Waals surface area contributed by atoms with Gasteiger partial charge in [-0.3, -0.25) is 4.39 Å². The van der Waals surface area contributed by atoms with Crippen molar-refractivity contribution in [2.45, 2.75) is 11.9 Å². The van der Waals surface area contributed by atoms with E-state index < -0.39 is 0 Å². The number of fused-ring (bicyclic) bond motifs is 1. The highest BCUT2D eigenvalue weighted by molar-refractivity contribution is 7.99. The second kappa shape index (κ2) is 6.62. The lowest BCUT2D eigenvalue weighted by Crippen LogP contribution is -1.93. The third-order valence-electron chi connectivity index (χ3n) is 3.23. The van der Waals surface area contributed by atoms with Gasteiger partial charge in [0.05, 0.1) is 19.2 Å². The van der Waals surface area contributed by atoms with Crippen LogP contribution in [0.15, 0.2) is 34.7 Å². The molecule has 22 heavy (non-hydrogen) atoms. The number of ether oxygens (including phenoxy) is 1. The molecule has 0 saturated heterocycles. The topological polar surface area (TPSA) is 35.0 Å². The molecule has 2 aromatic heterocycles. The SMILES string of the molecule is COc1ccc(-c2csc3nc(C)nc(SCCF)c23)cc1. The smallest absolute Gasteiger partial charge is 0.128 e. The van der Waals surface area contributed by atoms with E-state index in [-0.39, 0.29) is 6.67 Å². The Morgan fingerprint density at radius 3 is 2.68 bits per heavy atom. The van der Waals surface area contributed by atoms with Gasteiger partial charge in [0.25, 0.3) is 0 Å². The van der Waals surface area contributed by atoms with E-state index in [1.807, 2.05) is 31.2 Å². The van der Waals surface area contributed by atoms with E-state index >= 15 is 0 Å². The number of methoxy groups -OCH3 is 1. The zero-order valence-corrected chi connectivity index (χ0v) is 13.9. The number of halogens is 1. The molecule has 6 heteroatoms. The summed E-state index contributed by atoms with van der Waals surface area (Å²) in [4.78, 5) is 9.94. The van der Waals surface area contributed by atoms with Crippen molar-refractivity contribution in [3.05, 3.63) is 35.5 Å². The molecule has 0 N–H and O–H groups in total. The Morgan fingerprint density at radius 2 is 2.00 bits per heavy atom. The Bertz CT molecular complexity index is 787. The number of hydrogen-bond acceptors (Lipinski definition) is 5. The maximum Gasteiger partial charge on any atom is 0.128 e. The molecule has 0 bridgehead atoms. The molecule has 2 heterocycles. The van der Waals surface area contributed by atoms with Crippen LogP contribution < -0.4 is 4.74 Å². The Hall–Kier alpha value is -1.66. The lowest BCUT2D eigenvalue weighted by Gasteiger charge is -2.06. The Balaban J connectivity index is 2.12. The third kappa shape index (κ3) is 2.94. The van der Waals surface area contributed by atoms with Gasteiger partial charge in [0, 0.05) is 16.7 Å². The van der Waals surface area contributed by atoms with Gasteiger partial charge < -0.3 is 4.74 Å². The average Bonchev–Trinajstić information content (AvgIpc) is 2.96.